The average molecular weight is 499 g/mol. The van der Waals surface area contributed by atoms with Crippen molar-refractivity contribution in [2.75, 3.05) is 10.6 Å². The number of carbonyl (C=O) groups is 2. The van der Waals surface area contributed by atoms with Crippen LogP contribution in [0.4, 0.5) is 11.4 Å². The van der Waals surface area contributed by atoms with Crippen LogP contribution in [0, 0.1) is 0 Å². The van der Waals surface area contributed by atoms with Crippen molar-refractivity contribution >= 4 is 46.4 Å². The van der Waals surface area contributed by atoms with Crippen LogP contribution in [0.25, 0.3) is 0 Å². The first-order chi connectivity index (χ1) is 16.4. The lowest BCUT2D eigenvalue weighted by Crippen LogP contribution is -2.18. The number of hydrogen-bond acceptors (Lipinski definition) is 5. The van der Waals surface area contributed by atoms with E-state index in [1.165, 1.54) is 4.68 Å². The molecule has 2 amide bonds. The van der Waals surface area contributed by atoms with E-state index in [4.69, 9.17) is 27.9 Å². The molecule has 34 heavy (non-hydrogen) atoms. The summed E-state index contributed by atoms with van der Waals surface area (Å²) in [6.45, 7) is 2.53. The van der Waals surface area contributed by atoms with Gasteiger partial charge in [-0.2, -0.15) is 10.2 Å². The molecule has 2 aromatic carbocycles. The van der Waals surface area contributed by atoms with E-state index in [2.05, 4.69) is 20.8 Å². The predicted octanol–water partition coefficient (Wildman–Crippen LogP) is 4.95. The number of ether oxygens (including phenoxy) is 1. The van der Waals surface area contributed by atoms with Gasteiger partial charge < -0.3 is 15.4 Å². The maximum absolute atomic E-state index is 12.6. The summed E-state index contributed by atoms with van der Waals surface area (Å²) in [6.07, 6.45) is 3.18. The van der Waals surface area contributed by atoms with Crippen molar-refractivity contribution in [3.05, 3.63) is 88.4 Å². The van der Waals surface area contributed by atoms with Gasteiger partial charge in [-0.3, -0.25) is 14.3 Å². The van der Waals surface area contributed by atoms with E-state index >= 15 is 0 Å². The fourth-order valence-electron chi connectivity index (χ4n) is 3.13. The molecule has 0 atom stereocenters. The van der Waals surface area contributed by atoms with E-state index in [-0.39, 0.29) is 18.3 Å². The van der Waals surface area contributed by atoms with Crippen LogP contribution in [0.5, 0.6) is 5.75 Å². The van der Waals surface area contributed by atoms with Gasteiger partial charge in [-0.25, -0.2) is 4.68 Å². The molecule has 0 aliphatic carbocycles. The topological polar surface area (TPSA) is 103 Å². The highest BCUT2D eigenvalue weighted by molar-refractivity contribution is 6.42. The van der Waals surface area contributed by atoms with Crippen LogP contribution in [0.15, 0.2) is 67.0 Å². The van der Waals surface area contributed by atoms with Crippen molar-refractivity contribution in [2.45, 2.75) is 20.2 Å². The lowest BCUT2D eigenvalue weighted by molar-refractivity contribution is 0.101. The average Bonchev–Trinajstić information content (AvgIpc) is 3.50. The molecule has 11 heteroatoms. The van der Waals surface area contributed by atoms with Crippen LogP contribution in [0.3, 0.4) is 0 Å². The zero-order valence-electron chi connectivity index (χ0n) is 18.0. The van der Waals surface area contributed by atoms with E-state index in [0.29, 0.717) is 39.4 Å². The molecular weight excluding hydrogens is 479 g/mol. The fourth-order valence-corrected chi connectivity index (χ4v) is 3.47. The zero-order chi connectivity index (χ0) is 24.1. The van der Waals surface area contributed by atoms with E-state index in [0.717, 1.165) is 0 Å². The minimum absolute atomic E-state index is 0.0448. The van der Waals surface area contributed by atoms with Gasteiger partial charge in [0.25, 0.3) is 11.8 Å². The van der Waals surface area contributed by atoms with Crippen LogP contribution < -0.4 is 15.4 Å². The lowest BCUT2D eigenvalue weighted by atomic mass is 10.2. The molecule has 4 rings (SSSR count). The van der Waals surface area contributed by atoms with Gasteiger partial charge in [-0.1, -0.05) is 35.3 Å². The SMILES string of the molecule is CCn1nccc1C(=O)Nc1cccc(NC(=O)c2ccn(COc3cccc(Cl)c3Cl)n2)c1. The Morgan fingerprint density at radius 3 is 2.50 bits per heavy atom. The van der Waals surface area contributed by atoms with Gasteiger partial charge in [0.05, 0.1) is 5.02 Å². The lowest BCUT2D eigenvalue weighted by Gasteiger charge is -2.09. The number of nitrogens with one attached hydrogen (secondary N) is 2. The number of aromatic nitrogens is 4. The minimum Gasteiger partial charge on any atom is -0.470 e. The molecule has 0 aliphatic rings. The fraction of sp³-hybridized carbons (Fsp3) is 0.130. The molecule has 2 N–H and O–H groups in total. The third-order valence-corrected chi connectivity index (χ3v) is 5.57. The first kappa shape index (κ1) is 23.3. The number of carbonyl (C=O) groups excluding carboxylic acids is 2. The molecule has 0 unspecified atom stereocenters. The van der Waals surface area contributed by atoms with Crippen molar-refractivity contribution in [3.8, 4) is 5.75 Å². The van der Waals surface area contributed by atoms with E-state index in [9.17, 15) is 9.59 Å². The smallest absolute Gasteiger partial charge is 0.276 e. The molecule has 0 aliphatic heterocycles. The van der Waals surface area contributed by atoms with Crippen molar-refractivity contribution < 1.29 is 14.3 Å². The summed E-state index contributed by atoms with van der Waals surface area (Å²) < 4.78 is 8.68. The number of anilines is 2. The minimum atomic E-state index is -0.410. The van der Waals surface area contributed by atoms with Crippen LogP contribution in [-0.2, 0) is 13.3 Å². The van der Waals surface area contributed by atoms with Gasteiger partial charge in [0.2, 0.25) is 0 Å². The maximum Gasteiger partial charge on any atom is 0.276 e. The summed E-state index contributed by atoms with van der Waals surface area (Å²) in [5.74, 6) is -0.287. The van der Waals surface area contributed by atoms with Gasteiger partial charge in [-0.05, 0) is 49.4 Å². The summed E-state index contributed by atoms with van der Waals surface area (Å²) >= 11 is 12.1. The number of benzene rings is 2. The second-order valence-corrected chi connectivity index (χ2v) is 7.87. The number of halogens is 2. The van der Waals surface area contributed by atoms with E-state index in [1.54, 1.807) is 71.7 Å². The molecule has 0 saturated carbocycles. The molecule has 4 aromatic rings. The Morgan fingerprint density at radius 1 is 1.00 bits per heavy atom. The largest absolute Gasteiger partial charge is 0.470 e. The number of nitrogens with zero attached hydrogens (tertiary/aromatic N) is 4. The van der Waals surface area contributed by atoms with Crippen LogP contribution in [0.1, 0.15) is 27.9 Å². The van der Waals surface area contributed by atoms with Crippen molar-refractivity contribution in [2.24, 2.45) is 0 Å². The molecule has 0 radical (unpaired) electrons. The third kappa shape index (κ3) is 5.38. The van der Waals surface area contributed by atoms with Gasteiger partial charge in [0, 0.05) is 30.3 Å². The first-order valence-corrected chi connectivity index (χ1v) is 11.0. The molecule has 0 bridgehead atoms. The Labute approximate surface area is 205 Å². The number of amides is 2. The summed E-state index contributed by atoms with van der Waals surface area (Å²) in [5, 5.41) is 14.6. The third-order valence-electron chi connectivity index (χ3n) is 4.77. The molecular formula is C23H20Cl2N6O3. The Bertz CT molecular complexity index is 1330. The first-order valence-electron chi connectivity index (χ1n) is 10.3. The van der Waals surface area contributed by atoms with Crippen molar-refractivity contribution in [3.63, 3.8) is 0 Å². The molecule has 2 heterocycles. The Balaban J connectivity index is 1.37. The second-order valence-electron chi connectivity index (χ2n) is 7.09. The molecule has 0 spiro atoms. The normalized spacial score (nSPS) is 10.7. The quantitative estimate of drug-likeness (QED) is 0.357. The van der Waals surface area contributed by atoms with Crippen molar-refractivity contribution in [1.82, 2.24) is 19.6 Å². The monoisotopic (exact) mass is 498 g/mol. The van der Waals surface area contributed by atoms with Crippen LogP contribution >= 0.6 is 23.2 Å². The predicted molar refractivity (Wildman–Crippen MR) is 130 cm³/mol. The summed E-state index contributed by atoms with van der Waals surface area (Å²) in [7, 11) is 0. The van der Waals surface area contributed by atoms with Gasteiger partial charge in [0.15, 0.2) is 12.4 Å². The van der Waals surface area contributed by atoms with Crippen LogP contribution in [-0.4, -0.2) is 31.4 Å². The summed E-state index contributed by atoms with van der Waals surface area (Å²) in [4.78, 5) is 25.2. The van der Waals surface area contributed by atoms with Crippen LogP contribution in [0.2, 0.25) is 10.0 Å². The van der Waals surface area contributed by atoms with Gasteiger partial charge >= 0.3 is 0 Å². The summed E-state index contributed by atoms with van der Waals surface area (Å²) in [6, 6.07) is 15.1. The van der Waals surface area contributed by atoms with Gasteiger partial charge in [0.1, 0.15) is 16.5 Å². The second kappa shape index (κ2) is 10.4. The number of hydrogen-bond donors (Lipinski definition) is 2. The molecule has 174 valence electrons. The Hall–Kier alpha value is -3.82. The molecule has 0 saturated heterocycles. The molecule has 9 nitrogen and oxygen atoms in total. The maximum atomic E-state index is 12.6. The zero-order valence-corrected chi connectivity index (χ0v) is 19.5. The summed E-state index contributed by atoms with van der Waals surface area (Å²) in [5.41, 5.74) is 1.68. The Kier molecular flexibility index (Phi) is 7.15. The Morgan fingerprint density at radius 2 is 1.74 bits per heavy atom. The highest BCUT2D eigenvalue weighted by Crippen LogP contribution is 2.31. The standard InChI is InChI=1S/C23H20Cl2N6O3/c1-2-31-19(9-11-26-31)23(33)28-16-6-3-5-15(13-16)27-22(32)18-10-12-30(29-18)14-34-20-8-4-7-17(24)21(20)25/h3-13H,2,14H2,1H3,(H,27,32)(H,28,33). The number of rotatable bonds is 8. The molecule has 0 fully saturated rings. The van der Waals surface area contributed by atoms with E-state index < -0.39 is 5.91 Å². The highest BCUT2D eigenvalue weighted by atomic mass is 35.5. The molecule has 2 aromatic heterocycles. The van der Waals surface area contributed by atoms with Gasteiger partial charge in [-0.15, -0.1) is 0 Å². The number of aryl methyl sites for hydroxylation is 1. The van der Waals surface area contributed by atoms with E-state index in [1.807, 2.05) is 6.92 Å². The van der Waals surface area contributed by atoms with Crippen molar-refractivity contribution in [1.29, 1.82) is 0 Å². The highest BCUT2D eigenvalue weighted by Gasteiger charge is 2.14.